The zero-order chi connectivity index (χ0) is 26.4. The van der Waals surface area contributed by atoms with Crippen molar-refractivity contribution in [2.45, 2.75) is 27.3 Å². The Morgan fingerprint density at radius 1 is 0.919 bits per heavy atom. The predicted octanol–water partition coefficient (Wildman–Crippen LogP) is 4.41. The third-order valence-electron chi connectivity index (χ3n) is 5.75. The van der Waals surface area contributed by atoms with Crippen LogP contribution in [0, 0.1) is 13.8 Å². The lowest BCUT2D eigenvalue weighted by Gasteiger charge is -2.25. The Morgan fingerprint density at radius 2 is 1.73 bits per heavy atom. The normalized spacial score (nSPS) is 14.6. The number of nitrogens with one attached hydrogen (secondary N) is 1. The summed E-state index contributed by atoms with van der Waals surface area (Å²) in [5.74, 6) is 0.656. The number of imide groups is 2. The molecule has 1 N–H and O–H groups in total. The van der Waals surface area contributed by atoms with Crippen molar-refractivity contribution in [1.29, 1.82) is 0 Å². The van der Waals surface area contributed by atoms with Gasteiger partial charge >= 0.3 is 6.03 Å². The fraction of sp³-hybridized carbons (Fsp3) is 0.250. The average molecular weight is 505 g/mol. The highest BCUT2D eigenvalue weighted by Crippen LogP contribution is 2.30. The van der Waals surface area contributed by atoms with Crippen LogP contribution in [0.4, 0.5) is 4.79 Å². The number of barbiturate groups is 1. The molecule has 0 atom stereocenters. The molecule has 0 saturated carbocycles. The molecule has 4 amide bonds. The summed E-state index contributed by atoms with van der Waals surface area (Å²) < 4.78 is 22.6. The van der Waals surface area contributed by atoms with Gasteiger partial charge in [-0.2, -0.15) is 0 Å². The van der Waals surface area contributed by atoms with Gasteiger partial charge in [-0.3, -0.25) is 19.8 Å². The Labute approximate surface area is 214 Å². The smallest absolute Gasteiger partial charge is 0.331 e. The number of carbonyl (C=O) groups excluding carboxylic acids is 3. The van der Waals surface area contributed by atoms with Crippen molar-refractivity contribution in [2.75, 3.05) is 19.8 Å². The molecule has 9 heteroatoms. The molecule has 4 rings (SSSR count). The Bertz CT molecular complexity index is 1330. The summed E-state index contributed by atoms with van der Waals surface area (Å²) in [4.78, 5) is 38.5. The molecule has 37 heavy (non-hydrogen) atoms. The molecule has 192 valence electrons. The highest BCUT2D eigenvalue weighted by molar-refractivity contribution is 6.30. The SMILES string of the molecule is CCOc1cc(/C=C2\C(=O)NC(=O)N(Cc3ccco3)C2=O)ccc1OCCOc1ccc(C)c(C)c1. The number of amides is 4. The van der Waals surface area contributed by atoms with Crippen molar-refractivity contribution in [3.63, 3.8) is 0 Å². The number of nitrogens with zero attached hydrogens (tertiary/aromatic N) is 1. The van der Waals surface area contributed by atoms with Gasteiger partial charge in [0.1, 0.15) is 30.3 Å². The van der Waals surface area contributed by atoms with Crippen LogP contribution < -0.4 is 19.5 Å². The van der Waals surface area contributed by atoms with Gasteiger partial charge in [-0.05, 0) is 79.9 Å². The van der Waals surface area contributed by atoms with Gasteiger partial charge in [0, 0.05) is 0 Å². The summed E-state index contributed by atoms with van der Waals surface area (Å²) in [5, 5.41) is 2.20. The predicted molar refractivity (Wildman–Crippen MR) is 135 cm³/mol. The third kappa shape index (κ3) is 6.19. The molecule has 1 aliphatic rings. The van der Waals surface area contributed by atoms with E-state index < -0.39 is 17.8 Å². The molecular formula is C28H28N2O7. The molecule has 3 aromatic rings. The molecule has 1 saturated heterocycles. The van der Waals surface area contributed by atoms with Crippen LogP contribution in [0.3, 0.4) is 0 Å². The number of ether oxygens (including phenoxy) is 3. The molecule has 2 aromatic carbocycles. The minimum atomic E-state index is -0.801. The number of furan rings is 1. The molecule has 1 aromatic heterocycles. The lowest BCUT2D eigenvalue weighted by atomic mass is 10.1. The van der Waals surface area contributed by atoms with E-state index in [1.54, 1.807) is 30.3 Å². The van der Waals surface area contributed by atoms with Crippen molar-refractivity contribution in [3.05, 3.63) is 82.8 Å². The first-order valence-electron chi connectivity index (χ1n) is 11.9. The zero-order valence-electron chi connectivity index (χ0n) is 20.9. The van der Waals surface area contributed by atoms with Crippen LogP contribution in [-0.4, -0.2) is 42.6 Å². The van der Waals surface area contributed by atoms with Gasteiger partial charge in [-0.25, -0.2) is 4.79 Å². The van der Waals surface area contributed by atoms with E-state index in [4.69, 9.17) is 18.6 Å². The van der Waals surface area contributed by atoms with E-state index in [2.05, 4.69) is 5.32 Å². The number of urea groups is 1. The summed E-state index contributed by atoms with van der Waals surface area (Å²) in [5.41, 5.74) is 2.71. The van der Waals surface area contributed by atoms with E-state index in [-0.39, 0.29) is 18.7 Å². The van der Waals surface area contributed by atoms with E-state index >= 15 is 0 Å². The van der Waals surface area contributed by atoms with Gasteiger partial charge in [0.05, 0.1) is 19.4 Å². The quantitative estimate of drug-likeness (QED) is 0.247. The Hall–Kier alpha value is -4.53. The maximum absolute atomic E-state index is 12.9. The number of rotatable bonds is 10. The molecule has 9 nitrogen and oxygen atoms in total. The first-order valence-corrected chi connectivity index (χ1v) is 11.9. The fourth-order valence-electron chi connectivity index (χ4n) is 3.68. The minimum Gasteiger partial charge on any atom is -0.490 e. The Morgan fingerprint density at radius 3 is 2.46 bits per heavy atom. The van der Waals surface area contributed by atoms with Crippen LogP contribution in [0.25, 0.3) is 6.08 Å². The summed E-state index contributed by atoms with van der Waals surface area (Å²) in [6.45, 7) is 6.84. The summed E-state index contributed by atoms with van der Waals surface area (Å²) in [6.07, 6.45) is 2.85. The lowest BCUT2D eigenvalue weighted by molar-refractivity contribution is -0.130. The van der Waals surface area contributed by atoms with Gasteiger partial charge in [0.15, 0.2) is 11.5 Å². The number of hydrogen-bond acceptors (Lipinski definition) is 7. The average Bonchev–Trinajstić information content (AvgIpc) is 3.39. The monoisotopic (exact) mass is 504 g/mol. The molecule has 0 radical (unpaired) electrons. The number of benzene rings is 2. The van der Waals surface area contributed by atoms with Crippen molar-refractivity contribution < 1.29 is 33.0 Å². The Balaban J connectivity index is 1.45. The van der Waals surface area contributed by atoms with Gasteiger partial charge in [0.25, 0.3) is 11.8 Å². The Kier molecular flexibility index (Phi) is 7.92. The second kappa shape index (κ2) is 11.5. The van der Waals surface area contributed by atoms with Crippen LogP contribution in [0.2, 0.25) is 0 Å². The highest BCUT2D eigenvalue weighted by atomic mass is 16.5. The van der Waals surface area contributed by atoms with E-state index in [0.29, 0.717) is 36.0 Å². The van der Waals surface area contributed by atoms with E-state index in [0.717, 1.165) is 16.2 Å². The highest BCUT2D eigenvalue weighted by Gasteiger charge is 2.36. The first-order chi connectivity index (χ1) is 17.9. The van der Waals surface area contributed by atoms with Gasteiger partial charge < -0.3 is 18.6 Å². The van der Waals surface area contributed by atoms with Gasteiger partial charge in [-0.15, -0.1) is 0 Å². The molecule has 0 unspecified atom stereocenters. The van der Waals surface area contributed by atoms with Crippen molar-refractivity contribution >= 4 is 23.9 Å². The van der Waals surface area contributed by atoms with Crippen LogP contribution in [0.5, 0.6) is 17.2 Å². The molecular weight excluding hydrogens is 476 g/mol. The molecule has 2 heterocycles. The largest absolute Gasteiger partial charge is 0.490 e. The van der Waals surface area contributed by atoms with E-state index in [1.165, 1.54) is 17.9 Å². The lowest BCUT2D eigenvalue weighted by Crippen LogP contribution is -2.53. The minimum absolute atomic E-state index is 0.0938. The van der Waals surface area contributed by atoms with Gasteiger partial charge in [0.2, 0.25) is 0 Å². The van der Waals surface area contributed by atoms with Gasteiger partial charge in [-0.1, -0.05) is 12.1 Å². The molecule has 0 aliphatic carbocycles. The third-order valence-corrected chi connectivity index (χ3v) is 5.75. The van der Waals surface area contributed by atoms with E-state index in [1.807, 2.05) is 39.0 Å². The van der Waals surface area contributed by atoms with Crippen molar-refractivity contribution in [2.24, 2.45) is 0 Å². The van der Waals surface area contributed by atoms with Crippen LogP contribution in [0.15, 0.2) is 64.8 Å². The topological polar surface area (TPSA) is 107 Å². The number of aryl methyl sites for hydroxylation is 2. The summed E-state index contributed by atoms with van der Waals surface area (Å²) >= 11 is 0. The molecule has 1 aliphatic heterocycles. The maximum Gasteiger partial charge on any atom is 0.331 e. The number of hydrogen-bond donors (Lipinski definition) is 1. The van der Waals surface area contributed by atoms with Crippen LogP contribution in [-0.2, 0) is 16.1 Å². The second-order valence-electron chi connectivity index (χ2n) is 8.37. The summed E-state index contributed by atoms with van der Waals surface area (Å²) in [7, 11) is 0. The maximum atomic E-state index is 12.9. The fourth-order valence-corrected chi connectivity index (χ4v) is 3.68. The summed E-state index contributed by atoms with van der Waals surface area (Å²) in [6, 6.07) is 13.5. The first kappa shape index (κ1) is 25.6. The van der Waals surface area contributed by atoms with E-state index in [9.17, 15) is 14.4 Å². The van der Waals surface area contributed by atoms with Crippen LogP contribution in [0.1, 0.15) is 29.4 Å². The zero-order valence-corrected chi connectivity index (χ0v) is 20.9. The van der Waals surface area contributed by atoms with Crippen molar-refractivity contribution in [3.8, 4) is 17.2 Å². The van der Waals surface area contributed by atoms with Crippen LogP contribution >= 0.6 is 0 Å². The standard InChI is InChI=1S/C28H28N2O7/c1-4-34-25-16-20(8-10-24(25)37-13-12-36-21-9-7-18(2)19(3)14-21)15-23-26(31)29-28(33)30(27(23)32)17-22-6-5-11-35-22/h5-11,14-16H,4,12-13,17H2,1-3H3,(H,29,31,33)/b23-15+. The number of carbonyl (C=O) groups is 3. The second-order valence-corrected chi connectivity index (χ2v) is 8.37. The molecule has 0 bridgehead atoms. The molecule has 0 spiro atoms. The molecule has 1 fully saturated rings. The van der Waals surface area contributed by atoms with Crippen molar-refractivity contribution in [1.82, 2.24) is 10.2 Å².